The second-order valence-corrected chi connectivity index (χ2v) is 5.87. The van der Waals surface area contributed by atoms with Crippen molar-refractivity contribution >= 4 is 27.3 Å². The smallest absolute Gasteiger partial charge is 0.239 e. The Kier molecular flexibility index (Phi) is 3.30. The summed E-state index contributed by atoms with van der Waals surface area (Å²) in [6.45, 7) is 4.82. The van der Waals surface area contributed by atoms with Crippen molar-refractivity contribution in [3.8, 4) is 5.88 Å². The number of hydrogen-bond donors (Lipinski definition) is 0. The Bertz CT molecular complexity index is 342. The molecule has 1 saturated heterocycles. The lowest BCUT2D eigenvalue weighted by Crippen LogP contribution is -2.25. The fourth-order valence-corrected chi connectivity index (χ4v) is 2.25. The molecule has 1 aromatic heterocycles. The fourth-order valence-electron chi connectivity index (χ4n) is 1.33. The zero-order chi connectivity index (χ0) is 10.9. The highest BCUT2D eigenvalue weighted by Gasteiger charge is 2.33. The molecule has 2 rings (SSSR count). The topological polar surface area (TPSA) is 40.6 Å². The number of hydrogen-bond acceptors (Lipinski definition) is 5. The van der Waals surface area contributed by atoms with E-state index in [1.54, 1.807) is 5.51 Å². The van der Waals surface area contributed by atoms with Crippen molar-refractivity contribution in [3.05, 3.63) is 9.30 Å². The zero-order valence-corrected chi connectivity index (χ0v) is 10.9. The molecule has 15 heavy (non-hydrogen) atoms. The number of thiazole rings is 1. The van der Waals surface area contributed by atoms with Gasteiger partial charge in [-0.1, -0.05) is 0 Å². The maximum Gasteiger partial charge on any atom is 0.239 e. The Morgan fingerprint density at radius 1 is 1.73 bits per heavy atom. The van der Waals surface area contributed by atoms with E-state index in [4.69, 9.17) is 14.2 Å². The van der Waals surface area contributed by atoms with Gasteiger partial charge < -0.3 is 14.2 Å². The van der Waals surface area contributed by atoms with Crippen LogP contribution in [0.3, 0.4) is 0 Å². The Morgan fingerprint density at radius 3 is 3.07 bits per heavy atom. The molecule has 1 aliphatic rings. The molecular formula is C9H12BrNO3S. The Hall–Kier alpha value is -0.170. The first kappa shape index (κ1) is 11.3. The largest absolute Gasteiger partial charge is 0.473 e. The Balaban J connectivity index is 1.83. The first-order valence-corrected chi connectivity index (χ1v) is 6.28. The highest BCUT2D eigenvalue weighted by Crippen LogP contribution is 2.28. The van der Waals surface area contributed by atoms with Gasteiger partial charge in [0.2, 0.25) is 5.88 Å². The van der Waals surface area contributed by atoms with Crippen LogP contribution in [0.5, 0.6) is 5.88 Å². The molecule has 0 saturated carbocycles. The third kappa shape index (κ3) is 2.90. The summed E-state index contributed by atoms with van der Waals surface area (Å²) in [5, 5.41) is 0. The van der Waals surface area contributed by atoms with E-state index in [9.17, 15) is 0 Å². The number of halogens is 1. The predicted octanol–water partition coefficient (Wildman–Crippen LogP) is 2.44. The molecule has 1 atom stereocenters. The van der Waals surface area contributed by atoms with E-state index in [0.717, 1.165) is 3.79 Å². The van der Waals surface area contributed by atoms with E-state index < -0.39 is 5.79 Å². The van der Waals surface area contributed by atoms with Crippen LogP contribution in [0.2, 0.25) is 0 Å². The molecule has 1 fully saturated rings. The lowest BCUT2D eigenvalue weighted by molar-refractivity contribution is -0.141. The number of aromatic nitrogens is 1. The van der Waals surface area contributed by atoms with Crippen molar-refractivity contribution in [2.45, 2.75) is 25.7 Å². The molecule has 0 aromatic carbocycles. The minimum absolute atomic E-state index is 0.0198. The van der Waals surface area contributed by atoms with Gasteiger partial charge >= 0.3 is 0 Å². The molecule has 0 aliphatic carbocycles. The minimum Gasteiger partial charge on any atom is -0.473 e. The summed E-state index contributed by atoms with van der Waals surface area (Å²) >= 11 is 4.85. The monoisotopic (exact) mass is 293 g/mol. The van der Waals surface area contributed by atoms with Crippen molar-refractivity contribution < 1.29 is 14.2 Å². The van der Waals surface area contributed by atoms with Crippen molar-refractivity contribution in [1.82, 2.24) is 4.98 Å². The van der Waals surface area contributed by atoms with Crippen molar-refractivity contribution in [1.29, 1.82) is 0 Å². The van der Waals surface area contributed by atoms with Crippen LogP contribution in [0.25, 0.3) is 0 Å². The molecule has 0 N–H and O–H groups in total. The summed E-state index contributed by atoms with van der Waals surface area (Å²) < 4.78 is 17.4. The Labute approximate surface area is 101 Å². The average molecular weight is 294 g/mol. The van der Waals surface area contributed by atoms with Crippen LogP contribution < -0.4 is 4.74 Å². The third-order valence-electron chi connectivity index (χ3n) is 1.97. The van der Waals surface area contributed by atoms with E-state index in [2.05, 4.69) is 20.9 Å². The van der Waals surface area contributed by atoms with Crippen LogP contribution in [-0.2, 0) is 9.47 Å². The first-order valence-electron chi connectivity index (χ1n) is 4.60. The van der Waals surface area contributed by atoms with Gasteiger partial charge in [0.15, 0.2) is 5.79 Å². The first-order chi connectivity index (χ1) is 7.07. The van der Waals surface area contributed by atoms with Gasteiger partial charge in [-0.25, -0.2) is 4.98 Å². The molecule has 0 amide bonds. The molecule has 1 aliphatic heterocycles. The van der Waals surface area contributed by atoms with Gasteiger partial charge in [0.1, 0.15) is 16.5 Å². The maximum absolute atomic E-state index is 5.60. The van der Waals surface area contributed by atoms with Gasteiger partial charge in [-0.05, 0) is 29.8 Å². The minimum atomic E-state index is -0.493. The molecule has 1 aromatic rings. The van der Waals surface area contributed by atoms with Gasteiger partial charge in [0.05, 0.1) is 12.1 Å². The second kappa shape index (κ2) is 4.37. The standard InChI is InChI=1S/C9H12BrNO3S/c1-9(2)13-4-6(14-9)3-12-8-7(10)15-5-11-8/h5-6H,3-4H2,1-2H3/t6-/m1/s1. The lowest BCUT2D eigenvalue weighted by Gasteiger charge is -2.16. The summed E-state index contributed by atoms with van der Waals surface area (Å²) in [7, 11) is 0. The van der Waals surface area contributed by atoms with Crippen LogP contribution in [0.1, 0.15) is 13.8 Å². The van der Waals surface area contributed by atoms with Crippen LogP contribution in [0.15, 0.2) is 9.30 Å². The van der Waals surface area contributed by atoms with Crippen LogP contribution in [0.4, 0.5) is 0 Å². The molecule has 0 unspecified atom stereocenters. The average Bonchev–Trinajstić information content (AvgIpc) is 2.69. The molecule has 0 bridgehead atoms. The van der Waals surface area contributed by atoms with E-state index in [1.807, 2.05) is 13.8 Å². The number of rotatable bonds is 3. The zero-order valence-electron chi connectivity index (χ0n) is 8.53. The summed E-state index contributed by atoms with van der Waals surface area (Å²) in [5.41, 5.74) is 1.73. The molecule has 0 radical (unpaired) electrons. The summed E-state index contributed by atoms with van der Waals surface area (Å²) in [4.78, 5) is 4.07. The summed E-state index contributed by atoms with van der Waals surface area (Å²) in [6, 6.07) is 0. The molecule has 4 nitrogen and oxygen atoms in total. The molecule has 2 heterocycles. The third-order valence-corrected chi connectivity index (χ3v) is 3.46. The SMILES string of the molecule is CC1(C)OC[C@@H](COc2ncsc2Br)O1. The van der Waals surface area contributed by atoms with Gasteiger partial charge in [0.25, 0.3) is 0 Å². The second-order valence-electron chi connectivity index (χ2n) is 3.69. The van der Waals surface area contributed by atoms with Gasteiger partial charge in [0, 0.05) is 0 Å². The van der Waals surface area contributed by atoms with Crippen molar-refractivity contribution in [2.24, 2.45) is 0 Å². The summed E-state index contributed by atoms with van der Waals surface area (Å²) in [6.07, 6.45) is -0.0198. The Morgan fingerprint density at radius 2 is 2.53 bits per heavy atom. The number of ether oxygens (including phenoxy) is 3. The lowest BCUT2D eigenvalue weighted by atomic mass is 10.4. The van der Waals surface area contributed by atoms with E-state index in [0.29, 0.717) is 19.1 Å². The van der Waals surface area contributed by atoms with E-state index in [1.165, 1.54) is 11.3 Å². The van der Waals surface area contributed by atoms with Crippen LogP contribution in [0, 0.1) is 0 Å². The van der Waals surface area contributed by atoms with Crippen molar-refractivity contribution in [2.75, 3.05) is 13.2 Å². The van der Waals surface area contributed by atoms with Gasteiger partial charge in [-0.15, -0.1) is 11.3 Å². The van der Waals surface area contributed by atoms with Gasteiger partial charge in [-0.2, -0.15) is 0 Å². The quantitative estimate of drug-likeness (QED) is 0.858. The number of nitrogens with zero attached hydrogens (tertiary/aromatic N) is 1. The normalized spacial score (nSPS) is 24.3. The highest BCUT2D eigenvalue weighted by atomic mass is 79.9. The van der Waals surface area contributed by atoms with Crippen LogP contribution >= 0.6 is 27.3 Å². The maximum atomic E-state index is 5.60. The predicted molar refractivity (Wildman–Crippen MR) is 60.2 cm³/mol. The van der Waals surface area contributed by atoms with Crippen molar-refractivity contribution in [3.63, 3.8) is 0 Å². The molecular weight excluding hydrogens is 282 g/mol. The van der Waals surface area contributed by atoms with Gasteiger partial charge in [-0.3, -0.25) is 0 Å². The highest BCUT2D eigenvalue weighted by molar-refractivity contribution is 9.11. The van der Waals surface area contributed by atoms with E-state index in [-0.39, 0.29) is 6.10 Å². The molecule has 0 spiro atoms. The molecule has 6 heteroatoms. The van der Waals surface area contributed by atoms with E-state index >= 15 is 0 Å². The summed E-state index contributed by atoms with van der Waals surface area (Å²) in [5.74, 6) is 0.126. The molecule has 84 valence electrons. The fraction of sp³-hybridized carbons (Fsp3) is 0.667. The van der Waals surface area contributed by atoms with Crippen LogP contribution in [-0.4, -0.2) is 30.1 Å².